The number of anilines is 2. The van der Waals surface area contributed by atoms with Crippen molar-refractivity contribution in [2.75, 3.05) is 17.2 Å². The first-order valence-electron chi connectivity index (χ1n) is 8.29. The predicted molar refractivity (Wildman–Crippen MR) is 100 cm³/mol. The zero-order valence-corrected chi connectivity index (χ0v) is 15.0. The fourth-order valence-corrected chi connectivity index (χ4v) is 2.29. The standard InChI is InChI=1S/C20H22N2O4/c1-13(2)15-7-9-16(10-8-15)20(25)26-12-19(24)22-18-6-4-5-17(11-18)21-14(3)23/h4-11,13H,12H2,1-3H3,(H,21,23)(H,22,24). The van der Waals surface area contributed by atoms with Gasteiger partial charge in [-0.2, -0.15) is 0 Å². The lowest BCUT2D eigenvalue weighted by Gasteiger charge is -2.09. The van der Waals surface area contributed by atoms with Gasteiger partial charge in [0, 0.05) is 18.3 Å². The van der Waals surface area contributed by atoms with Crippen LogP contribution in [0.3, 0.4) is 0 Å². The minimum atomic E-state index is -0.553. The molecule has 0 atom stereocenters. The van der Waals surface area contributed by atoms with Gasteiger partial charge in [-0.25, -0.2) is 4.79 Å². The summed E-state index contributed by atoms with van der Waals surface area (Å²) in [5.41, 5.74) is 2.59. The molecule has 2 aromatic rings. The monoisotopic (exact) mass is 354 g/mol. The van der Waals surface area contributed by atoms with Crippen LogP contribution in [-0.4, -0.2) is 24.4 Å². The molecule has 136 valence electrons. The molecule has 0 aliphatic carbocycles. The van der Waals surface area contributed by atoms with E-state index in [9.17, 15) is 14.4 Å². The summed E-state index contributed by atoms with van der Waals surface area (Å²) in [4.78, 5) is 35.0. The first-order valence-corrected chi connectivity index (χ1v) is 8.29. The zero-order valence-electron chi connectivity index (χ0n) is 15.0. The van der Waals surface area contributed by atoms with Crippen LogP contribution in [0.1, 0.15) is 42.6 Å². The maximum Gasteiger partial charge on any atom is 0.338 e. The van der Waals surface area contributed by atoms with Crippen LogP contribution in [-0.2, 0) is 14.3 Å². The predicted octanol–water partition coefficient (Wildman–Crippen LogP) is 3.56. The Kier molecular flexibility index (Phi) is 6.49. The lowest BCUT2D eigenvalue weighted by molar-refractivity contribution is -0.119. The van der Waals surface area contributed by atoms with Gasteiger partial charge in [0.25, 0.3) is 5.91 Å². The summed E-state index contributed by atoms with van der Waals surface area (Å²) in [6, 6.07) is 13.8. The maximum absolute atomic E-state index is 12.0. The topological polar surface area (TPSA) is 84.5 Å². The van der Waals surface area contributed by atoms with Crippen molar-refractivity contribution in [3.05, 3.63) is 59.7 Å². The summed E-state index contributed by atoms with van der Waals surface area (Å²) in [5, 5.41) is 5.25. The fourth-order valence-electron chi connectivity index (χ4n) is 2.29. The Morgan fingerprint density at radius 3 is 2.15 bits per heavy atom. The Bertz CT molecular complexity index is 798. The van der Waals surface area contributed by atoms with Crippen LogP contribution < -0.4 is 10.6 Å². The van der Waals surface area contributed by atoms with Gasteiger partial charge in [-0.3, -0.25) is 9.59 Å². The second kappa shape index (κ2) is 8.80. The van der Waals surface area contributed by atoms with E-state index in [1.165, 1.54) is 6.92 Å². The molecule has 0 aliphatic heterocycles. The highest BCUT2D eigenvalue weighted by atomic mass is 16.5. The first-order chi connectivity index (χ1) is 12.3. The number of esters is 1. The molecular weight excluding hydrogens is 332 g/mol. The quantitative estimate of drug-likeness (QED) is 0.777. The van der Waals surface area contributed by atoms with Crippen molar-refractivity contribution < 1.29 is 19.1 Å². The number of carbonyl (C=O) groups excluding carboxylic acids is 3. The van der Waals surface area contributed by atoms with E-state index in [0.717, 1.165) is 5.56 Å². The number of rotatable bonds is 6. The van der Waals surface area contributed by atoms with Crippen LogP contribution in [0.25, 0.3) is 0 Å². The summed E-state index contributed by atoms with van der Waals surface area (Å²) >= 11 is 0. The van der Waals surface area contributed by atoms with Gasteiger partial charge in [-0.1, -0.05) is 32.0 Å². The van der Waals surface area contributed by atoms with Crippen molar-refractivity contribution in [3.63, 3.8) is 0 Å². The first kappa shape index (κ1) is 19.2. The van der Waals surface area contributed by atoms with Crippen molar-refractivity contribution in [2.24, 2.45) is 0 Å². The van der Waals surface area contributed by atoms with E-state index >= 15 is 0 Å². The van der Waals surface area contributed by atoms with E-state index in [1.807, 2.05) is 12.1 Å². The minimum absolute atomic E-state index is 0.203. The van der Waals surface area contributed by atoms with Crippen LogP contribution in [0.4, 0.5) is 11.4 Å². The summed E-state index contributed by atoms with van der Waals surface area (Å²) in [6.07, 6.45) is 0. The summed E-state index contributed by atoms with van der Waals surface area (Å²) in [5.74, 6) is -0.843. The normalized spacial score (nSPS) is 10.3. The van der Waals surface area contributed by atoms with Crippen molar-refractivity contribution in [1.29, 1.82) is 0 Å². The molecule has 2 N–H and O–H groups in total. The molecule has 26 heavy (non-hydrogen) atoms. The third kappa shape index (κ3) is 5.73. The molecule has 2 aromatic carbocycles. The number of ether oxygens (including phenoxy) is 1. The Morgan fingerprint density at radius 1 is 0.962 bits per heavy atom. The van der Waals surface area contributed by atoms with Gasteiger partial charge in [0.05, 0.1) is 5.56 Å². The molecule has 0 saturated heterocycles. The van der Waals surface area contributed by atoms with Crippen molar-refractivity contribution in [1.82, 2.24) is 0 Å². The number of hydrogen-bond acceptors (Lipinski definition) is 4. The number of nitrogens with one attached hydrogen (secondary N) is 2. The molecule has 0 radical (unpaired) electrons. The van der Waals surface area contributed by atoms with Crippen LogP contribution in [0.2, 0.25) is 0 Å². The van der Waals surface area contributed by atoms with Gasteiger partial charge in [0.15, 0.2) is 6.61 Å². The van der Waals surface area contributed by atoms with E-state index in [0.29, 0.717) is 22.9 Å². The third-order valence-corrected chi connectivity index (χ3v) is 3.61. The van der Waals surface area contributed by atoms with E-state index < -0.39 is 18.5 Å². The van der Waals surface area contributed by atoms with Crippen molar-refractivity contribution >= 4 is 29.2 Å². The molecular formula is C20H22N2O4. The molecule has 0 fully saturated rings. The van der Waals surface area contributed by atoms with Crippen LogP contribution >= 0.6 is 0 Å². The molecule has 6 heteroatoms. The number of benzene rings is 2. The molecule has 0 heterocycles. The molecule has 2 amide bonds. The fraction of sp³-hybridized carbons (Fsp3) is 0.250. The minimum Gasteiger partial charge on any atom is -0.452 e. The second-order valence-electron chi connectivity index (χ2n) is 6.16. The lowest BCUT2D eigenvalue weighted by Crippen LogP contribution is -2.21. The van der Waals surface area contributed by atoms with Gasteiger partial charge >= 0.3 is 5.97 Å². The maximum atomic E-state index is 12.0. The Morgan fingerprint density at radius 2 is 1.58 bits per heavy atom. The smallest absolute Gasteiger partial charge is 0.338 e. The number of amides is 2. The van der Waals surface area contributed by atoms with Gasteiger partial charge in [-0.15, -0.1) is 0 Å². The summed E-state index contributed by atoms with van der Waals surface area (Å²) in [6.45, 7) is 5.14. The largest absolute Gasteiger partial charge is 0.452 e. The SMILES string of the molecule is CC(=O)Nc1cccc(NC(=O)COC(=O)c2ccc(C(C)C)cc2)c1. The Labute approximate surface area is 152 Å². The zero-order chi connectivity index (χ0) is 19.1. The van der Waals surface area contributed by atoms with Crippen molar-refractivity contribution in [2.45, 2.75) is 26.7 Å². The summed E-state index contributed by atoms with van der Waals surface area (Å²) < 4.78 is 5.04. The van der Waals surface area contributed by atoms with Crippen molar-refractivity contribution in [3.8, 4) is 0 Å². The molecule has 0 unspecified atom stereocenters. The molecule has 0 aliphatic rings. The third-order valence-electron chi connectivity index (χ3n) is 3.61. The average Bonchev–Trinajstić information content (AvgIpc) is 2.59. The van der Waals surface area contributed by atoms with Gasteiger partial charge in [-0.05, 0) is 41.8 Å². The Balaban J connectivity index is 1.88. The highest BCUT2D eigenvalue weighted by Gasteiger charge is 2.11. The van der Waals surface area contributed by atoms with Crippen LogP contribution in [0.15, 0.2) is 48.5 Å². The van der Waals surface area contributed by atoms with Gasteiger partial charge in [0.2, 0.25) is 5.91 Å². The summed E-state index contributed by atoms with van der Waals surface area (Å²) in [7, 11) is 0. The molecule has 0 saturated carbocycles. The van der Waals surface area contributed by atoms with E-state index in [2.05, 4.69) is 24.5 Å². The van der Waals surface area contributed by atoms with E-state index in [4.69, 9.17) is 4.74 Å². The molecule has 6 nitrogen and oxygen atoms in total. The van der Waals surface area contributed by atoms with E-state index in [-0.39, 0.29) is 5.91 Å². The molecule has 0 spiro atoms. The lowest BCUT2D eigenvalue weighted by atomic mass is 10.0. The average molecular weight is 354 g/mol. The highest BCUT2D eigenvalue weighted by molar-refractivity contribution is 5.96. The highest BCUT2D eigenvalue weighted by Crippen LogP contribution is 2.16. The van der Waals surface area contributed by atoms with Crippen LogP contribution in [0.5, 0.6) is 0 Å². The molecule has 0 bridgehead atoms. The van der Waals surface area contributed by atoms with E-state index in [1.54, 1.807) is 36.4 Å². The number of hydrogen-bond donors (Lipinski definition) is 2. The van der Waals surface area contributed by atoms with Gasteiger partial charge in [0.1, 0.15) is 0 Å². The molecule has 2 rings (SSSR count). The number of carbonyl (C=O) groups is 3. The molecule has 0 aromatic heterocycles. The Hall–Kier alpha value is -3.15. The second-order valence-corrected chi connectivity index (χ2v) is 6.16. The van der Waals surface area contributed by atoms with Gasteiger partial charge < -0.3 is 15.4 Å². The van der Waals surface area contributed by atoms with Crippen LogP contribution in [0, 0.1) is 0 Å².